The number of anilines is 1. The molecule has 7 heteroatoms. The minimum Gasteiger partial charge on any atom is -0.493 e. The number of hydrogen-bond acceptors (Lipinski definition) is 4. The number of carboxylic acids is 1. The summed E-state index contributed by atoms with van der Waals surface area (Å²) in [7, 11) is 0. The molecule has 0 heterocycles. The first-order valence-corrected chi connectivity index (χ1v) is 8.00. The van der Waals surface area contributed by atoms with Gasteiger partial charge in [-0.05, 0) is 43.5 Å². The fourth-order valence-electron chi connectivity index (χ4n) is 2.80. The van der Waals surface area contributed by atoms with Crippen LogP contribution >= 0.6 is 0 Å². The monoisotopic (exact) mass is 334 g/mol. The second-order valence-electron chi connectivity index (χ2n) is 5.98. The molecule has 0 aliphatic heterocycles. The summed E-state index contributed by atoms with van der Waals surface area (Å²) in [6, 6.07) is 6.79. The van der Waals surface area contributed by atoms with Crippen LogP contribution in [0, 0.1) is 11.8 Å². The van der Waals surface area contributed by atoms with Crippen molar-refractivity contribution in [2.24, 2.45) is 17.6 Å². The average Bonchev–Trinajstić information content (AvgIpc) is 2.56. The van der Waals surface area contributed by atoms with Gasteiger partial charge in [0.25, 0.3) is 0 Å². The summed E-state index contributed by atoms with van der Waals surface area (Å²) in [5.74, 6) is -1.53. The third-order valence-corrected chi connectivity index (χ3v) is 4.13. The number of carbonyl (C=O) groups is 3. The van der Waals surface area contributed by atoms with E-state index < -0.39 is 17.8 Å². The second-order valence-corrected chi connectivity index (χ2v) is 5.98. The standard InChI is InChI=1S/C17H22N2O5/c18-15(20)8-9-24-14-6-4-13(5-7-14)19-16(21)11-2-1-3-12(10-11)17(22)23/h4-7,11-12H,1-3,8-10H2,(H2,18,20)(H,19,21)(H,22,23). The van der Waals surface area contributed by atoms with Gasteiger partial charge in [-0.25, -0.2) is 0 Å². The van der Waals surface area contributed by atoms with E-state index in [2.05, 4.69) is 5.32 Å². The molecule has 1 aromatic rings. The van der Waals surface area contributed by atoms with Gasteiger partial charge < -0.3 is 20.9 Å². The normalized spacial score (nSPS) is 20.2. The Labute approximate surface area is 140 Å². The zero-order valence-corrected chi connectivity index (χ0v) is 13.4. The minimum absolute atomic E-state index is 0.144. The van der Waals surface area contributed by atoms with Crippen LogP contribution in [0.2, 0.25) is 0 Å². The number of nitrogens with two attached hydrogens (primary N) is 1. The zero-order chi connectivity index (χ0) is 17.5. The Balaban J connectivity index is 1.85. The van der Waals surface area contributed by atoms with Gasteiger partial charge in [0.2, 0.25) is 11.8 Å². The number of rotatable bonds is 7. The van der Waals surface area contributed by atoms with Crippen molar-refractivity contribution in [1.82, 2.24) is 0 Å². The lowest BCUT2D eigenvalue weighted by Gasteiger charge is -2.25. The number of ether oxygens (including phenoxy) is 1. The summed E-state index contributed by atoms with van der Waals surface area (Å²) < 4.78 is 5.35. The van der Waals surface area contributed by atoms with Crippen LogP contribution in [0.1, 0.15) is 32.1 Å². The first-order valence-electron chi connectivity index (χ1n) is 8.00. The van der Waals surface area contributed by atoms with Crippen LogP contribution in [0.3, 0.4) is 0 Å². The summed E-state index contributed by atoms with van der Waals surface area (Å²) in [6.45, 7) is 0.208. The SMILES string of the molecule is NC(=O)CCOc1ccc(NC(=O)C2CCCC(C(=O)O)C2)cc1. The van der Waals surface area contributed by atoms with Crippen LogP contribution in [-0.2, 0) is 14.4 Å². The van der Waals surface area contributed by atoms with Crippen molar-refractivity contribution in [3.63, 3.8) is 0 Å². The smallest absolute Gasteiger partial charge is 0.306 e. The lowest BCUT2D eigenvalue weighted by Crippen LogP contribution is -2.30. The third-order valence-electron chi connectivity index (χ3n) is 4.13. The van der Waals surface area contributed by atoms with Crippen LogP contribution in [-0.4, -0.2) is 29.5 Å². The molecular weight excluding hydrogens is 312 g/mol. The first kappa shape index (κ1) is 17.8. The van der Waals surface area contributed by atoms with E-state index in [0.29, 0.717) is 30.7 Å². The molecule has 24 heavy (non-hydrogen) atoms. The predicted octanol–water partition coefficient (Wildman–Crippen LogP) is 1.77. The Kier molecular flexibility index (Phi) is 6.17. The van der Waals surface area contributed by atoms with Gasteiger partial charge in [0, 0.05) is 11.6 Å². The molecule has 130 valence electrons. The Morgan fingerprint density at radius 3 is 2.46 bits per heavy atom. The maximum atomic E-state index is 12.3. The van der Waals surface area contributed by atoms with Gasteiger partial charge in [-0.1, -0.05) is 6.42 Å². The van der Waals surface area contributed by atoms with Crippen LogP contribution < -0.4 is 15.8 Å². The van der Waals surface area contributed by atoms with Crippen molar-refractivity contribution in [2.45, 2.75) is 32.1 Å². The molecule has 4 N–H and O–H groups in total. The maximum absolute atomic E-state index is 12.3. The van der Waals surface area contributed by atoms with Crippen molar-refractivity contribution in [1.29, 1.82) is 0 Å². The summed E-state index contributed by atoms with van der Waals surface area (Å²) in [6.07, 6.45) is 2.63. The van der Waals surface area contributed by atoms with Crippen LogP contribution in [0.25, 0.3) is 0 Å². The third kappa shape index (κ3) is 5.26. The lowest BCUT2D eigenvalue weighted by molar-refractivity contribution is -0.143. The minimum atomic E-state index is -0.829. The van der Waals surface area contributed by atoms with Gasteiger partial charge in [0.1, 0.15) is 5.75 Å². The summed E-state index contributed by atoms with van der Waals surface area (Å²) >= 11 is 0. The van der Waals surface area contributed by atoms with Crippen LogP contribution in [0.5, 0.6) is 5.75 Å². The molecule has 1 aromatic carbocycles. The van der Waals surface area contributed by atoms with Gasteiger partial charge >= 0.3 is 5.97 Å². The number of aliphatic carboxylic acids is 1. The Morgan fingerprint density at radius 2 is 1.83 bits per heavy atom. The van der Waals surface area contributed by atoms with E-state index in [-0.39, 0.29) is 24.9 Å². The quantitative estimate of drug-likeness (QED) is 0.702. The topological polar surface area (TPSA) is 119 Å². The van der Waals surface area contributed by atoms with Crippen molar-refractivity contribution >= 4 is 23.5 Å². The largest absolute Gasteiger partial charge is 0.493 e. The summed E-state index contributed by atoms with van der Waals surface area (Å²) in [5, 5.41) is 11.9. The van der Waals surface area contributed by atoms with Gasteiger partial charge in [-0.2, -0.15) is 0 Å². The van der Waals surface area contributed by atoms with Gasteiger partial charge in [-0.3, -0.25) is 14.4 Å². The molecule has 0 spiro atoms. The van der Waals surface area contributed by atoms with Crippen molar-refractivity contribution in [3.8, 4) is 5.75 Å². The summed E-state index contributed by atoms with van der Waals surface area (Å²) in [5.41, 5.74) is 5.66. The number of primary amides is 1. The highest BCUT2D eigenvalue weighted by Crippen LogP contribution is 2.30. The van der Waals surface area contributed by atoms with Crippen molar-refractivity contribution in [2.75, 3.05) is 11.9 Å². The molecule has 1 aliphatic carbocycles. The fourth-order valence-corrected chi connectivity index (χ4v) is 2.80. The van der Waals surface area contributed by atoms with E-state index in [1.54, 1.807) is 24.3 Å². The molecule has 0 bridgehead atoms. The predicted molar refractivity (Wildman–Crippen MR) is 87.5 cm³/mol. The van der Waals surface area contributed by atoms with E-state index in [9.17, 15) is 14.4 Å². The van der Waals surface area contributed by atoms with E-state index in [1.165, 1.54) is 0 Å². The Bertz CT molecular complexity index is 600. The molecule has 7 nitrogen and oxygen atoms in total. The van der Waals surface area contributed by atoms with Gasteiger partial charge in [0.05, 0.1) is 18.9 Å². The molecule has 2 unspecified atom stereocenters. The van der Waals surface area contributed by atoms with Crippen molar-refractivity contribution < 1.29 is 24.2 Å². The molecule has 0 radical (unpaired) electrons. The average molecular weight is 334 g/mol. The highest BCUT2D eigenvalue weighted by atomic mass is 16.5. The molecule has 2 atom stereocenters. The lowest BCUT2D eigenvalue weighted by atomic mass is 9.81. The molecule has 1 fully saturated rings. The van der Waals surface area contributed by atoms with Crippen LogP contribution in [0.15, 0.2) is 24.3 Å². The summed E-state index contributed by atoms with van der Waals surface area (Å²) in [4.78, 5) is 34.0. The van der Waals surface area contributed by atoms with Gasteiger partial charge in [-0.15, -0.1) is 0 Å². The number of nitrogens with one attached hydrogen (secondary N) is 1. The molecule has 1 saturated carbocycles. The van der Waals surface area contributed by atoms with Crippen LogP contribution in [0.4, 0.5) is 5.69 Å². The first-order chi connectivity index (χ1) is 11.5. The zero-order valence-electron chi connectivity index (χ0n) is 13.4. The number of carboxylic acid groups (broad SMARTS) is 1. The van der Waals surface area contributed by atoms with E-state index in [1.807, 2.05) is 0 Å². The molecule has 2 amide bonds. The molecule has 1 aliphatic rings. The maximum Gasteiger partial charge on any atom is 0.306 e. The molecular formula is C17H22N2O5. The number of amides is 2. The number of benzene rings is 1. The molecule has 2 rings (SSSR count). The van der Waals surface area contributed by atoms with E-state index >= 15 is 0 Å². The van der Waals surface area contributed by atoms with E-state index in [4.69, 9.17) is 15.6 Å². The Hall–Kier alpha value is -2.57. The second kappa shape index (κ2) is 8.33. The highest BCUT2D eigenvalue weighted by Gasteiger charge is 2.30. The highest BCUT2D eigenvalue weighted by molar-refractivity contribution is 5.93. The number of carbonyl (C=O) groups excluding carboxylic acids is 2. The molecule has 0 saturated heterocycles. The van der Waals surface area contributed by atoms with E-state index in [0.717, 1.165) is 6.42 Å². The molecule has 0 aromatic heterocycles. The van der Waals surface area contributed by atoms with Crippen molar-refractivity contribution in [3.05, 3.63) is 24.3 Å². The number of hydrogen-bond donors (Lipinski definition) is 3. The van der Waals surface area contributed by atoms with Gasteiger partial charge in [0.15, 0.2) is 0 Å². The Morgan fingerprint density at radius 1 is 1.17 bits per heavy atom. The fraction of sp³-hybridized carbons (Fsp3) is 0.471.